The van der Waals surface area contributed by atoms with Crippen LogP contribution in [0.4, 0.5) is 5.69 Å². The molecule has 0 bridgehead atoms. The molecule has 0 saturated carbocycles. The van der Waals surface area contributed by atoms with Crippen LogP contribution in [-0.4, -0.2) is 28.3 Å². The third-order valence-electron chi connectivity index (χ3n) is 3.15. The highest BCUT2D eigenvalue weighted by molar-refractivity contribution is 7.89. The third-order valence-corrected chi connectivity index (χ3v) is 4.54. The Bertz CT molecular complexity index is 815. The summed E-state index contributed by atoms with van der Waals surface area (Å²) >= 11 is 5.81. The highest BCUT2D eigenvalue weighted by Gasteiger charge is 2.17. The number of ketones is 1. The van der Waals surface area contributed by atoms with E-state index in [-0.39, 0.29) is 21.3 Å². The minimum Gasteiger partial charge on any atom is -0.378 e. The zero-order valence-electron chi connectivity index (χ0n) is 12.1. The molecule has 0 spiro atoms. The molecule has 0 saturated heterocycles. The van der Waals surface area contributed by atoms with Crippen molar-refractivity contribution in [1.82, 2.24) is 0 Å². The first-order valence-electron chi connectivity index (χ1n) is 6.34. The molecule has 0 radical (unpaired) electrons. The second kappa shape index (κ2) is 6.08. The summed E-state index contributed by atoms with van der Waals surface area (Å²) in [6, 6.07) is 11.0. The van der Waals surface area contributed by atoms with Crippen LogP contribution in [0.1, 0.15) is 15.9 Å². The van der Waals surface area contributed by atoms with E-state index in [9.17, 15) is 13.2 Å². The van der Waals surface area contributed by atoms with E-state index in [4.69, 9.17) is 16.7 Å². The van der Waals surface area contributed by atoms with Crippen molar-refractivity contribution in [2.75, 3.05) is 19.0 Å². The zero-order chi connectivity index (χ0) is 16.5. The number of primary sulfonamides is 1. The van der Waals surface area contributed by atoms with Crippen molar-refractivity contribution in [1.29, 1.82) is 0 Å². The number of nitrogens with two attached hydrogens (primary N) is 1. The van der Waals surface area contributed by atoms with Crippen molar-refractivity contribution in [3.05, 3.63) is 58.6 Å². The lowest BCUT2D eigenvalue weighted by Gasteiger charge is -2.12. The normalized spacial score (nSPS) is 11.3. The van der Waals surface area contributed by atoms with Crippen LogP contribution in [0, 0.1) is 0 Å². The van der Waals surface area contributed by atoms with Crippen LogP contribution in [0.25, 0.3) is 0 Å². The standard InChI is InChI=1S/C15H15ClN2O3S/c1-18(2)12-6-3-10(4-7-12)15(19)11-5-8-13(16)14(9-11)22(17,20)21/h3-9H,1-2H3,(H2,17,20,21). The number of benzene rings is 2. The van der Waals surface area contributed by atoms with E-state index in [1.54, 1.807) is 12.1 Å². The van der Waals surface area contributed by atoms with Gasteiger partial charge >= 0.3 is 0 Å². The lowest BCUT2D eigenvalue weighted by atomic mass is 10.0. The van der Waals surface area contributed by atoms with Crippen LogP contribution in [0.15, 0.2) is 47.4 Å². The zero-order valence-corrected chi connectivity index (χ0v) is 13.6. The van der Waals surface area contributed by atoms with Crippen molar-refractivity contribution in [3.63, 3.8) is 0 Å². The minimum atomic E-state index is -3.98. The molecule has 7 heteroatoms. The summed E-state index contributed by atoms with van der Waals surface area (Å²) < 4.78 is 22.9. The molecule has 2 N–H and O–H groups in total. The van der Waals surface area contributed by atoms with E-state index in [1.165, 1.54) is 18.2 Å². The SMILES string of the molecule is CN(C)c1ccc(C(=O)c2ccc(Cl)c(S(N)(=O)=O)c2)cc1. The van der Waals surface area contributed by atoms with Gasteiger partial charge in [-0.1, -0.05) is 11.6 Å². The van der Waals surface area contributed by atoms with Gasteiger partial charge in [0.25, 0.3) is 0 Å². The van der Waals surface area contributed by atoms with Gasteiger partial charge in [-0.3, -0.25) is 4.79 Å². The number of carbonyl (C=O) groups is 1. The smallest absolute Gasteiger partial charge is 0.239 e. The van der Waals surface area contributed by atoms with Crippen molar-refractivity contribution in [3.8, 4) is 0 Å². The molecule has 0 aliphatic heterocycles. The predicted octanol–water partition coefficient (Wildman–Crippen LogP) is 2.28. The molecule has 0 aliphatic carbocycles. The number of nitrogens with zero attached hydrogens (tertiary/aromatic N) is 1. The molecule has 0 unspecified atom stereocenters. The van der Waals surface area contributed by atoms with Crippen LogP contribution in [0.3, 0.4) is 0 Å². The highest BCUT2D eigenvalue weighted by Crippen LogP contribution is 2.23. The fourth-order valence-electron chi connectivity index (χ4n) is 1.94. The topological polar surface area (TPSA) is 80.5 Å². The Morgan fingerprint density at radius 2 is 1.59 bits per heavy atom. The first kappa shape index (κ1) is 16.5. The molecule has 2 aromatic rings. The second-order valence-corrected chi connectivity index (χ2v) is 6.90. The van der Waals surface area contributed by atoms with Crippen molar-refractivity contribution >= 4 is 33.1 Å². The molecule has 0 aliphatic rings. The lowest BCUT2D eigenvalue weighted by Crippen LogP contribution is -2.14. The van der Waals surface area contributed by atoms with Gasteiger partial charge in [0.15, 0.2) is 5.78 Å². The third kappa shape index (κ3) is 3.47. The fraction of sp³-hybridized carbons (Fsp3) is 0.133. The Morgan fingerprint density at radius 3 is 2.09 bits per heavy atom. The fourth-order valence-corrected chi connectivity index (χ4v) is 3.01. The summed E-state index contributed by atoms with van der Waals surface area (Å²) in [5.74, 6) is -0.299. The van der Waals surface area contributed by atoms with Crippen LogP contribution in [0.2, 0.25) is 5.02 Å². The summed E-state index contributed by atoms with van der Waals surface area (Å²) in [7, 11) is -0.186. The van der Waals surface area contributed by atoms with Gasteiger partial charge in [0.05, 0.1) is 5.02 Å². The predicted molar refractivity (Wildman–Crippen MR) is 87.0 cm³/mol. The van der Waals surface area contributed by atoms with Crippen LogP contribution < -0.4 is 10.0 Å². The van der Waals surface area contributed by atoms with Gasteiger partial charge in [-0.25, -0.2) is 13.6 Å². The van der Waals surface area contributed by atoms with E-state index in [0.29, 0.717) is 5.56 Å². The Hall–Kier alpha value is -1.89. The Morgan fingerprint density at radius 1 is 1.05 bits per heavy atom. The maximum atomic E-state index is 12.4. The van der Waals surface area contributed by atoms with Crippen LogP contribution in [-0.2, 0) is 10.0 Å². The Kier molecular flexibility index (Phi) is 4.55. The number of carbonyl (C=O) groups excluding carboxylic acids is 1. The second-order valence-electron chi connectivity index (χ2n) is 4.96. The Balaban J connectivity index is 2.42. The molecular weight excluding hydrogens is 324 g/mol. The average molecular weight is 339 g/mol. The van der Waals surface area contributed by atoms with Crippen molar-refractivity contribution in [2.24, 2.45) is 5.14 Å². The van der Waals surface area contributed by atoms with Gasteiger partial charge in [-0.2, -0.15) is 0 Å². The summed E-state index contributed by atoms with van der Waals surface area (Å²) in [5, 5.41) is 5.08. The summed E-state index contributed by atoms with van der Waals surface area (Å²) in [6.45, 7) is 0. The number of sulfonamides is 1. The molecule has 2 aromatic carbocycles. The molecule has 22 heavy (non-hydrogen) atoms. The van der Waals surface area contributed by atoms with Gasteiger partial charge in [-0.15, -0.1) is 0 Å². The van der Waals surface area contributed by atoms with Gasteiger partial charge in [-0.05, 0) is 42.5 Å². The summed E-state index contributed by atoms with van der Waals surface area (Å²) in [6.07, 6.45) is 0. The van der Waals surface area contributed by atoms with E-state index >= 15 is 0 Å². The van der Waals surface area contributed by atoms with Gasteiger partial charge in [0.2, 0.25) is 10.0 Å². The van der Waals surface area contributed by atoms with E-state index in [2.05, 4.69) is 0 Å². The van der Waals surface area contributed by atoms with E-state index < -0.39 is 10.0 Å². The summed E-state index contributed by atoms with van der Waals surface area (Å²) in [4.78, 5) is 14.1. The monoisotopic (exact) mass is 338 g/mol. The molecule has 0 fully saturated rings. The van der Waals surface area contributed by atoms with Gasteiger partial charge < -0.3 is 4.90 Å². The summed E-state index contributed by atoms with van der Waals surface area (Å²) in [5.41, 5.74) is 1.62. The molecule has 0 heterocycles. The molecule has 116 valence electrons. The maximum absolute atomic E-state index is 12.4. The molecule has 2 rings (SSSR count). The largest absolute Gasteiger partial charge is 0.378 e. The molecular formula is C15H15ClN2O3S. The first-order valence-corrected chi connectivity index (χ1v) is 8.27. The van der Waals surface area contributed by atoms with Crippen molar-refractivity contribution < 1.29 is 13.2 Å². The average Bonchev–Trinajstić information content (AvgIpc) is 2.46. The molecule has 0 aromatic heterocycles. The van der Waals surface area contributed by atoms with Gasteiger partial charge in [0.1, 0.15) is 4.90 Å². The van der Waals surface area contributed by atoms with Crippen LogP contribution >= 0.6 is 11.6 Å². The molecule has 5 nitrogen and oxygen atoms in total. The van der Waals surface area contributed by atoms with E-state index in [1.807, 2.05) is 31.1 Å². The number of hydrogen-bond acceptors (Lipinski definition) is 4. The quantitative estimate of drug-likeness (QED) is 0.867. The number of anilines is 1. The van der Waals surface area contributed by atoms with Gasteiger partial charge in [0, 0.05) is 30.9 Å². The first-order chi connectivity index (χ1) is 10.2. The lowest BCUT2D eigenvalue weighted by molar-refractivity contribution is 0.103. The van der Waals surface area contributed by atoms with Crippen LogP contribution in [0.5, 0.6) is 0 Å². The minimum absolute atomic E-state index is 0.0120. The molecule has 0 atom stereocenters. The maximum Gasteiger partial charge on any atom is 0.239 e. The Labute approximate surface area is 134 Å². The highest BCUT2D eigenvalue weighted by atomic mass is 35.5. The number of rotatable bonds is 4. The molecule has 0 amide bonds. The number of hydrogen-bond donors (Lipinski definition) is 1. The van der Waals surface area contributed by atoms with Crippen molar-refractivity contribution in [2.45, 2.75) is 4.90 Å². The number of halogens is 1. The van der Waals surface area contributed by atoms with E-state index in [0.717, 1.165) is 5.69 Å².